The monoisotopic (exact) mass is 298 g/mol. The first-order valence-electron chi connectivity index (χ1n) is 6.10. The number of nitro benzene ring substituents is 1. The number of rotatable bonds is 3. The van der Waals surface area contributed by atoms with Crippen molar-refractivity contribution in [2.75, 3.05) is 0 Å². The lowest BCUT2D eigenvalue weighted by Crippen LogP contribution is -2.11. The molecule has 6 nitrogen and oxygen atoms in total. The highest BCUT2D eigenvalue weighted by molar-refractivity contribution is 7.12. The number of para-hydroxylation sites is 1. The summed E-state index contributed by atoms with van der Waals surface area (Å²) in [4.78, 5) is 10.5. The van der Waals surface area contributed by atoms with Crippen molar-refractivity contribution >= 4 is 17.0 Å². The molecule has 0 aliphatic rings. The van der Waals surface area contributed by atoms with Gasteiger partial charge < -0.3 is 0 Å². The van der Waals surface area contributed by atoms with Gasteiger partial charge in [0.05, 0.1) is 10.6 Å². The van der Waals surface area contributed by atoms with Gasteiger partial charge in [-0.1, -0.05) is 29.5 Å². The third-order valence-corrected chi connectivity index (χ3v) is 3.78. The Hall–Kier alpha value is -2.80. The van der Waals surface area contributed by atoms with Gasteiger partial charge >= 0.3 is 0 Å². The van der Waals surface area contributed by atoms with Gasteiger partial charge in [-0.2, -0.15) is 5.10 Å². The zero-order valence-corrected chi connectivity index (χ0v) is 11.6. The van der Waals surface area contributed by atoms with Crippen LogP contribution < -0.4 is 4.80 Å². The second-order valence-electron chi connectivity index (χ2n) is 4.26. The lowest BCUT2D eigenvalue weighted by Gasteiger charge is -1.99. The van der Waals surface area contributed by atoms with Gasteiger partial charge in [-0.3, -0.25) is 15.5 Å². The Kier molecular flexibility index (Phi) is 3.33. The van der Waals surface area contributed by atoms with E-state index in [1.165, 1.54) is 23.5 Å². The van der Waals surface area contributed by atoms with Crippen LogP contribution in [0.25, 0.3) is 16.3 Å². The van der Waals surface area contributed by atoms with Crippen molar-refractivity contribution in [2.45, 2.75) is 0 Å². The van der Waals surface area contributed by atoms with Crippen LogP contribution in [0.15, 0.2) is 54.6 Å². The molecule has 0 aliphatic heterocycles. The maximum absolute atomic E-state index is 10.7. The first-order chi connectivity index (χ1) is 10.1. The molecule has 1 N–H and O–H groups in total. The second-order valence-corrected chi connectivity index (χ2v) is 5.24. The molecule has 1 aromatic heterocycles. The zero-order valence-electron chi connectivity index (χ0n) is 10.8. The molecule has 0 spiro atoms. The van der Waals surface area contributed by atoms with Crippen molar-refractivity contribution in [2.24, 2.45) is 0 Å². The fourth-order valence-electron chi connectivity index (χ4n) is 1.88. The van der Waals surface area contributed by atoms with E-state index in [2.05, 4.69) is 5.10 Å². The molecule has 0 atom stereocenters. The molecule has 21 heavy (non-hydrogen) atoms. The van der Waals surface area contributed by atoms with Gasteiger partial charge in [0.2, 0.25) is 4.80 Å². The lowest BCUT2D eigenvalue weighted by atomic mass is 10.2. The maximum atomic E-state index is 10.7. The number of hydrogen-bond acceptors (Lipinski definition) is 5. The van der Waals surface area contributed by atoms with Crippen molar-refractivity contribution in [1.29, 1.82) is 5.41 Å². The number of nitrogens with one attached hydrogen (secondary N) is 1. The Morgan fingerprint density at radius 1 is 1.10 bits per heavy atom. The Balaban J connectivity index is 2.01. The minimum absolute atomic E-state index is 0.0392. The molecule has 0 saturated heterocycles. The molecule has 0 aliphatic carbocycles. The fourth-order valence-corrected chi connectivity index (χ4v) is 2.67. The largest absolute Gasteiger partial charge is 0.273 e. The minimum Gasteiger partial charge on any atom is -0.273 e. The molecule has 3 aromatic rings. The number of aromatic nitrogens is 2. The predicted molar refractivity (Wildman–Crippen MR) is 79.4 cm³/mol. The molecular formula is C14H10N4O2S. The van der Waals surface area contributed by atoms with Crippen LogP contribution >= 0.6 is 11.3 Å². The molecule has 7 heteroatoms. The highest BCUT2D eigenvalue weighted by atomic mass is 32.1. The van der Waals surface area contributed by atoms with Crippen molar-refractivity contribution in [1.82, 2.24) is 9.78 Å². The average molecular weight is 298 g/mol. The van der Waals surface area contributed by atoms with Crippen LogP contribution in [-0.4, -0.2) is 14.7 Å². The summed E-state index contributed by atoms with van der Waals surface area (Å²) in [5.74, 6) is 0. The Labute approximate surface area is 123 Å². The SMILES string of the molecule is N=c1sc(-c2ccc([N+](=O)[O-])cc2)nn1-c1ccccc1. The third kappa shape index (κ3) is 2.59. The van der Waals surface area contributed by atoms with Gasteiger partial charge in [0.15, 0.2) is 0 Å². The van der Waals surface area contributed by atoms with E-state index in [0.29, 0.717) is 9.81 Å². The van der Waals surface area contributed by atoms with Crippen molar-refractivity contribution < 1.29 is 4.92 Å². The Bertz CT molecular complexity index is 837. The summed E-state index contributed by atoms with van der Waals surface area (Å²) >= 11 is 1.23. The summed E-state index contributed by atoms with van der Waals surface area (Å²) in [7, 11) is 0. The van der Waals surface area contributed by atoms with Crippen molar-refractivity contribution in [3.63, 3.8) is 0 Å². The molecular weight excluding hydrogens is 288 g/mol. The first kappa shape index (κ1) is 13.2. The number of nitro groups is 1. The summed E-state index contributed by atoms with van der Waals surface area (Å²) in [6.07, 6.45) is 0. The van der Waals surface area contributed by atoms with Crippen LogP contribution in [0.1, 0.15) is 0 Å². The van der Waals surface area contributed by atoms with E-state index < -0.39 is 4.92 Å². The Morgan fingerprint density at radius 2 is 1.76 bits per heavy atom. The first-order valence-corrected chi connectivity index (χ1v) is 6.92. The molecule has 0 fully saturated rings. The van der Waals surface area contributed by atoms with E-state index in [1.54, 1.807) is 16.8 Å². The second kappa shape index (κ2) is 5.29. The van der Waals surface area contributed by atoms with Gasteiger partial charge in [-0.25, -0.2) is 4.68 Å². The molecule has 0 radical (unpaired) electrons. The molecule has 2 aromatic carbocycles. The molecule has 1 heterocycles. The number of benzene rings is 2. The third-order valence-electron chi connectivity index (χ3n) is 2.90. The van der Waals surface area contributed by atoms with E-state index >= 15 is 0 Å². The van der Waals surface area contributed by atoms with Crippen LogP contribution in [0.2, 0.25) is 0 Å². The standard InChI is InChI=1S/C14H10N4O2S/c15-14-17(11-4-2-1-3-5-11)16-13(21-14)10-6-8-12(9-7-10)18(19)20/h1-9,15H. The van der Waals surface area contributed by atoms with Gasteiger partial charge in [0, 0.05) is 17.7 Å². The van der Waals surface area contributed by atoms with Gasteiger partial charge in [-0.15, -0.1) is 0 Å². The maximum Gasteiger partial charge on any atom is 0.269 e. The van der Waals surface area contributed by atoms with Crippen LogP contribution in [0, 0.1) is 15.5 Å². The van der Waals surface area contributed by atoms with E-state index in [4.69, 9.17) is 5.41 Å². The van der Waals surface area contributed by atoms with Crippen LogP contribution in [0.5, 0.6) is 0 Å². The number of hydrogen-bond donors (Lipinski definition) is 1. The highest BCUT2D eigenvalue weighted by Gasteiger charge is 2.10. The molecule has 0 saturated carbocycles. The van der Waals surface area contributed by atoms with Gasteiger partial charge in [0.1, 0.15) is 5.01 Å². The lowest BCUT2D eigenvalue weighted by molar-refractivity contribution is -0.384. The smallest absolute Gasteiger partial charge is 0.269 e. The van der Waals surface area contributed by atoms with E-state index in [1.807, 2.05) is 30.3 Å². The normalized spacial score (nSPS) is 10.5. The summed E-state index contributed by atoms with van der Waals surface area (Å²) in [5.41, 5.74) is 1.61. The fraction of sp³-hybridized carbons (Fsp3) is 0. The van der Waals surface area contributed by atoms with Gasteiger partial charge in [-0.05, 0) is 24.3 Å². The zero-order chi connectivity index (χ0) is 14.8. The van der Waals surface area contributed by atoms with Crippen LogP contribution in [-0.2, 0) is 0 Å². The van der Waals surface area contributed by atoms with Crippen LogP contribution in [0.3, 0.4) is 0 Å². The van der Waals surface area contributed by atoms with E-state index in [-0.39, 0.29) is 5.69 Å². The molecule has 0 bridgehead atoms. The van der Waals surface area contributed by atoms with E-state index in [0.717, 1.165) is 11.3 Å². The highest BCUT2D eigenvalue weighted by Crippen LogP contribution is 2.23. The summed E-state index contributed by atoms with van der Waals surface area (Å²) in [6, 6.07) is 15.6. The molecule has 0 unspecified atom stereocenters. The summed E-state index contributed by atoms with van der Waals surface area (Å²) < 4.78 is 1.54. The van der Waals surface area contributed by atoms with Crippen molar-refractivity contribution in [3.05, 3.63) is 69.5 Å². The van der Waals surface area contributed by atoms with Crippen LogP contribution in [0.4, 0.5) is 5.69 Å². The summed E-state index contributed by atoms with van der Waals surface area (Å²) in [5, 5.41) is 23.7. The minimum atomic E-state index is -0.439. The number of non-ortho nitro benzene ring substituents is 1. The van der Waals surface area contributed by atoms with E-state index in [9.17, 15) is 10.1 Å². The van der Waals surface area contributed by atoms with Crippen molar-refractivity contribution in [3.8, 4) is 16.3 Å². The Morgan fingerprint density at radius 3 is 2.38 bits per heavy atom. The quantitative estimate of drug-likeness (QED) is 0.596. The summed E-state index contributed by atoms with van der Waals surface area (Å²) in [6.45, 7) is 0. The number of nitrogens with zero attached hydrogens (tertiary/aromatic N) is 3. The average Bonchev–Trinajstić information content (AvgIpc) is 2.90. The predicted octanol–water partition coefficient (Wildman–Crippen LogP) is 2.99. The van der Waals surface area contributed by atoms with Gasteiger partial charge in [0.25, 0.3) is 5.69 Å². The molecule has 0 amide bonds. The molecule has 3 rings (SSSR count). The molecule has 104 valence electrons. The topological polar surface area (TPSA) is 84.8 Å².